The zero-order valence-corrected chi connectivity index (χ0v) is 6.65. The second-order valence-electron chi connectivity index (χ2n) is 2.67. The van der Waals surface area contributed by atoms with Crippen molar-refractivity contribution in [2.24, 2.45) is 5.73 Å². The van der Waals surface area contributed by atoms with Gasteiger partial charge in [0.25, 0.3) is 0 Å². The van der Waals surface area contributed by atoms with E-state index in [0.717, 1.165) is 11.3 Å². The van der Waals surface area contributed by atoms with Crippen molar-refractivity contribution in [3.63, 3.8) is 0 Å². The van der Waals surface area contributed by atoms with Crippen LogP contribution in [0.2, 0.25) is 0 Å². The fraction of sp³-hybridized carbons (Fsp3) is 0.286. The van der Waals surface area contributed by atoms with Crippen LogP contribution in [0.3, 0.4) is 0 Å². The Morgan fingerprint density at radius 3 is 3.08 bits per heavy atom. The minimum atomic E-state index is -0.0980. The topological polar surface area (TPSA) is 80.5 Å². The predicted octanol–water partition coefficient (Wildman–Crippen LogP) is 0.373. The van der Waals surface area contributed by atoms with Crippen molar-refractivity contribution in [2.45, 2.75) is 13.0 Å². The molecule has 2 aromatic rings. The number of nitrogens with two attached hydrogens (primary N) is 1. The van der Waals surface area contributed by atoms with Crippen LogP contribution in [0.15, 0.2) is 12.5 Å². The van der Waals surface area contributed by atoms with Gasteiger partial charge in [0.2, 0.25) is 0 Å². The van der Waals surface area contributed by atoms with Crippen LogP contribution >= 0.6 is 0 Å². The SMILES string of the molecule is CC(N)c1nc2ncncc2[nH]1. The summed E-state index contributed by atoms with van der Waals surface area (Å²) in [4.78, 5) is 15.1. The number of nitrogens with one attached hydrogen (secondary N) is 1. The molecule has 0 saturated heterocycles. The van der Waals surface area contributed by atoms with E-state index in [9.17, 15) is 0 Å². The number of hydrogen-bond donors (Lipinski definition) is 2. The molecule has 2 aromatic heterocycles. The number of imidazole rings is 1. The van der Waals surface area contributed by atoms with E-state index in [0.29, 0.717) is 5.65 Å². The van der Waals surface area contributed by atoms with Gasteiger partial charge in [0, 0.05) is 0 Å². The highest BCUT2D eigenvalue weighted by atomic mass is 15.0. The van der Waals surface area contributed by atoms with Crippen molar-refractivity contribution in [3.8, 4) is 0 Å². The third-order valence-electron chi connectivity index (χ3n) is 1.61. The molecule has 0 fully saturated rings. The summed E-state index contributed by atoms with van der Waals surface area (Å²) in [5.41, 5.74) is 7.12. The number of fused-ring (bicyclic) bond motifs is 1. The van der Waals surface area contributed by atoms with Crippen LogP contribution in [0.5, 0.6) is 0 Å². The Labute approximate surface area is 69.1 Å². The summed E-state index contributed by atoms with van der Waals surface area (Å²) in [5.74, 6) is 0.741. The molecule has 3 N–H and O–H groups in total. The van der Waals surface area contributed by atoms with E-state index in [1.807, 2.05) is 6.92 Å². The van der Waals surface area contributed by atoms with E-state index in [1.54, 1.807) is 6.20 Å². The fourth-order valence-electron chi connectivity index (χ4n) is 0.996. The lowest BCUT2D eigenvalue weighted by molar-refractivity contribution is 0.759. The lowest BCUT2D eigenvalue weighted by atomic mass is 10.3. The second kappa shape index (κ2) is 2.53. The predicted molar refractivity (Wildman–Crippen MR) is 44.3 cm³/mol. The summed E-state index contributed by atoms with van der Waals surface area (Å²) in [5, 5.41) is 0. The first-order chi connectivity index (χ1) is 5.77. The molecule has 5 heteroatoms. The standard InChI is InChI=1S/C7H9N5/c1-4(8)6-11-5-2-9-3-10-7(5)12-6/h2-4H,8H2,1H3,(H,9,10,11,12). The molecule has 1 unspecified atom stereocenters. The summed E-state index contributed by atoms with van der Waals surface area (Å²) >= 11 is 0. The Bertz CT molecular complexity index is 358. The van der Waals surface area contributed by atoms with Crippen molar-refractivity contribution in [2.75, 3.05) is 0 Å². The Morgan fingerprint density at radius 1 is 1.58 bits per heavy atom. The smallest absolute Gasteiger partial charge is 0.180 e. The molecule has 0 aliphatic heterocycles. The molecular formula is C7H9N5. The van der Waals surface area contributed by atoms with Crippen LogP contribution in [0, 0.1) is 0 Å². The fourth-order valence-corrected chi connectivity index (χ4v) is 0.996. The molecule has 12 heavy (non-hydrogen) atoms. The largest absolute Gasteiger partial charge is 0.338 e. The quantitative estimate of drug-likeness (QED) is 0.636. The molecular weight excluding hydrogens is 154 g/mol. The van der Waals surface area contributed by atoms with Gasteiger partial charge >= 0.3 is 0 Å². The lowest BCUT2D eigenvalue weighted by Gasteiger charge is -1.95. The Morgan fingerprint density at radius 2 is 2.42 bits per heavy atom. The van der Waals surface area contributed by atoms with Crippen LogP contribution in [0.1, 0.15) is 18.8 Å². The Hall–Kier alpha value is -1.49. The average molecular weight is 163 g/mol. The number of aromatic nitrogens is 4. The summed E-state index contributed by atoms with van der Waals surface area (Å²) in [6.07, 6.45) is 3.15. The van der Waals surface area contributed by atoms with Crippen LogP contribution in [-0.2, 0) is 0 Å². The first-order valence-electron chi connectivity index (χ1n) is 3.68. The molecule has 2 heterocycles. The monoisotopic (exact) mass is 163 g/mol. The molecule has 62 valence electrons. The molecule has 2 rings (SSSR count). The van der Waals surface area contributed by atoms with Crippen LogP contribution in [-0.4, -0.2) is 19.9 Å². The molecule has 0 spiro atoms. The molecule has 0 bridgehead atoms. The highest BCUT2D eigenvalue weighted by molar-refractivity contribution is 5.68. The minimum absolute atomic E-state index is 0.0980. The van der Waals surface area contributed by atoms with Gasteiger partial charge in [0.1, 0.15) is 17.7 Å². The average Bonchev–Trinajstić information content (AvgIpc) is 2.46. The number of nitrogens with zero attached hydrogens (tertiary/aromatic N) is 3. The van der Waals surface area contributed by atoms with Gasteiger partial charge in [0.15, 0.2) is 5.65 Å². The van der Waals surface area contributed by atoms with Crippen molar-refractivity contribution in [1.29, 1.82) is 0 Å². The summed E-state index contributed by atoms with van der Waals surface area (Å²) in [6.45, 7) is 1.87. The van der Waals surface area contributed by atoms with E-state index < -0.39 is 0 Å². The van der Waals surface area contributed by atoms with Gasteiger partial charge in [0.05, 0.1) is 12.2 Å². The van der Waals surface area contributed by atoms with Gasteiger partial charge in [-0.15, -0.1) is 0 Å². The van der Waals surface area contributed by atoms with Gasteiger partial charge in [-0.05, 0) is 6.92 Å². The van der Waals surface area contributed by atoms with Gasteiger partial charge in [-0.1, -0.05) is 0 Å². The van der Waals surface area contributed by atoms with Crippen molar-refractivity contribution < 1.29 is 0 Å². The van der Waals surface area contributed by atoms with Gasteiger partial charge in [-0.2, -0.15) is 0 Å². The maximum atomic E-state index is 5.64. The third-order valence-corrected chi connectivity index (χ3v) is 1.61. The van der Waals surface area contributed by atoms with E-state index in [-0.39, 0.29) is 6.04 Å². The van der Waals surface area contributed by atoms with E-state index in [2.05, 4.69) is 19.9 Å². The van der Waals surface area contributed by atoms with Gasteiger partial charge in [-0.3, -0.25) is 0 Å². The molecule has 0 amide bonds. The summed E-state index contributed by atoms with van der Waals surface area (Å²) < 4.78 is 0. The molecule has 5 nitrogen and oxygen atoms in total. The maximum absolute atomic E-state index is 5.64. The number of aromatic amines is 1. The van der Waals surface area contributed by atoms with Gasteiger partial charge in [-0.25, -0.2) is 15.0 Å². The molecule has 0 aliphatic carbocycles. The van der Waals surface area contributed by atoms with Crippen molar-refractivity contribution >= 4 is 11.2 Å². The molecule has 0 radical (unpaired) electrons. The number of rotatable bonds is 1. The first kappa shape index (κ1) is 7.17. The number of hydrogen-bond acceptors (Lipinski definition) is 4. The normalized spacial score (nSPS) is 13.5. The van der Waals surface area contributed by atoms with Crippen molar-refractivity contribution in [1.82, 2.24) is 19.9 Å². The zero-order chi connectivity index (χ0) is 8.55. The molecule has 0 saturated carbocycles. The molecule has 0 aliphatic rings. The van der Waals surface area contributed by atoms with Crippen LogP contribution in [0.4, 0.5) is 0 Å². The highest BCUT2D eigenvalue weighted by Crippen LogP contribution is 2.10. The first-order valence-corrected chi connectivity index (χ1v) is 3.68. The lowest BCUT2D eigenvalue weighted by Crippen LogP contribution is -2.06. The zero-order valence-electron chi connectivity index (χ0n) is 6.65. The number of H-pyrrole nitrogens is 1. The Kier molecular flexibility index (Phi) is 1.51. The summed E-state index contributed by atoms with van der Waals surface area (Å²) in [6, 6.07) is -0.0980. The van der Waals surface area contributed by atoms with Crippen molar-refractivity contribution in [3.05, 3.63) is 18.3 Å². The van der Waals surface area contributed by atoms with E-state index in [1.165, 1.54) is 6.33 Å². The Balaban J connectivity index is 2.62. The van der Waals surface area contributed by atoms with Crippen LogP contribution < -0.4 is 5.73 Å². The van der Waals surface area contributed by atoms with E-state index in [4.69, 9.17) is 5.73 Å². The molecule has 1 atom stereocenters. The maximum Gasteiger partial charge on any atom is 0.180 e. The van der Waals surface area contributed by atoms with E-state index >= 15 is 0 Å². The second-order valence-corrected chi connectivity index (χ2v) is 2.67. The highest BCUT2D eigenvalue weighted by Gasteiger charge is 2.05. The van der Waals surface area contributed by atoms with Crippen LogP contribution in [0.25, 0.3) is 11.2 Å². The van der Waals surface area contributed by atoms with Gasteiger partial charge < -0.3 is 10.7 Å². The minimum Gasteiger partial charge on any atom is -0.338 e. The third kappa shape index (κ3) is 1.04. The molecule has 0 aromatic carbocycles. The summed E-state index contributed by atoms with van der Waals surface area (Å²) in [7, 11) is 0.